The average molecular weight is 168 g/mol. The van der Waals surface area contributed by atoms with Crippen molar-refractivity contribution in [2.24, 2.45) is 5.11 Å². The summed E-state index contributed by atoms with van der Waals surface area (Å²) in [6, 6.07) is 0. The van der Waals surface area contributed by atoms with E-state index in [9.17, 15) is 5.21 Å². The molecular weight excluding hydrogens is 156 g/mol. The molecule has 12 heavy (non-hydrogen) atoms. The van der Waals surface area contributed by atoms with Crippen molar-refractivity contribution >= 4 is 0 Å². The van der Waals surface area contributed by atoms with Crippen LogP contribution in [-0.4, -0.2) is 10.3 Å². The molecule has 0 saturated carbocycles. The van der Waals surface area contributed by atoms with Crippen LogP contribution in [-0.2, 0) is 0 Å². The molecule has 0 radical (unpaired) electrons. The molecular formula is C7H12N4O. The second kappa shape index (κ2) is 2.94. The Bertz CT molecular complexity index is 279. The van der Waals surface area contributed by atoms with Crippen molar-refractivity contribution in [2.45, 2.75) is 20.8 Å². The summed E-state index contributed by atoms with van der Waals surface area (Å²) in [4.78, 5) is 0. The summed E-state index contributed by atoms with van der Waals surface area (Å²) in [6.45, 7) is 5.29. The first kappa shape index (κ1) is 8.73. The molecule has 0 saturated heterocycles. The molecule has 1 aliphatic heterocycles. The number of hydrogen-bond donors (Lipinski definition) is 3. The lowest BCUT2D eigenvalue weighted by Gasteiger charge is -2.27. The van der Waals surface area contributed by atoms with E-state index in [-0.39, 0.29) is 0 Å². The van der Waals surface area contributed by atoms with E-state index < -0.39 is 0 Å². The molecule has 0 aromatic rings. The first-order valence-electron chi connectivity index (χ1n) is 3.59. The Morgan fingerprint density at radius 3 is 2.42 bits per heavy atom. The first-order chi connectivity index (χ1) is 5.57. The summed E-state index contributed by atoms with van der Waals surface area (Å²) in [5.41, 5.74) is 8.88. The fraction of sp³-hybridized carbons (Fsp3) is 0.429. The summed E-state index contributed by atoms with van der Waals surface area (Å²) in [5.74, 6) is 0.376. The quantitative estimate of drug-likeness (QED) is 0.522. The van der Waals surface area contributed by atoms with Gasteiger partial charge >= 0.3 is 0 Å². The van der Waals surface area contributed by atoms with Gasteiger partial charge in [0.25, 0.3) is 0 Å². The maximum absolute atomic E-state index is 9.45. The highest BCUT2D eigenvalue weighted by Crippen LogP contribution is 2.20. The first-order valence-corrected chi connectivity index (χ1v) is 3.59. The minimum atomic E-state index is 0.376. The molecule has 3 N–H and O–H groups in total. The largest absolute Gasteiger partial charge is 0.339 e. The van der Waals surface area contributed by atoms with Crippen LogP contribution in [0.4, 0.5) is 0 Å². The molecule has 0 unspecified atom stereocenters. The van der Waals surface area contributed by atoms with E-state index >= 15 is 0 Å². The normalized spacial score (nSPS) is 18.2. The van der Waals surface area contributed by atoms with Crippen LogP contribution < -0.4 is 5.32 Å². The Hall–Kier alpha value is -1.36. The van der Waals surface area contributed by atoms with Crippen LogP contribution >= 0.6 is 0 Å². The molecule has 0 aromatic carbocycles. The molecule has 0 amide bonds. The van der Waals surface area contributed by atoms with Crippen molar-refractivity contribution in [3.8, 4) is 0 Å². The van der Waals surface area contributed by atoms with Crippen molar-refractivity contribution in [1.29, 1.82) is 5.53 Å². The molecule has 0 aliphatic carbocycles. The van der Waals surface area contributed by atoms with E-state index in [0.29, 0.717) is 11.5 Å². The Balaban J connectivity index is 3.04. The maximum atomic E-state index is 9.45. The van der Waals surface area contributed by atoms with E-state index in [1.807, 2.05) is 6.92 Å². The van der Waals surface area contributed by atoms with Crippen molar-refractivity contribution in [3.05, 3.63) is 22.9 Å². The van der Waals surface area contributed by atoms with Gasteiger partial charge in [0, 0.05) is 5.70 Å². The van der Waals surface area contributed by atoms with Crippen molar-refractivity contribution in [3.63, 3.8) is 0 Å². The standard InChI is InChI=1S/C7H12N4O/c1-4-5(2)11(12)6(3)7(9-4)10-8/h8-9,12H,1-3H3. The Labute approximate surface area is 70.8 Å². The zero-order chi connectivity index (χ0) is 9.30. The Kier molecular flexibility index (Phi) is 2.14. The molecule has 0 spiro atoms. The van der Waals surface area contributed by atoms with Gasteiger partial charge in [-0.25, -0.2) is 10.6 Å². The van der Waals surface area contributed by atoms with Crippen LogP contribution in [0, 0.1) is 5.53 Å². The van der Waals surface area contributed by atoms with Gasteiger partial charge in [-0.2, -0.15) is 0 Å². The molecule has 5 heteroatoms. The SMILES string of the molecule is CC1=C(C)N(O)C(C)=C(N=N)N1. The molecule has 5 nitrogen and oxygen atoms in total. The monoisotopic (exact) mass is 168 g/mol. The zero-order valence-corrected chi connectivity index (χ0v) is 7.34. The molecule has 1 heterocycles. The van der Waals surface area contributed by atoms with Crippen LogP contribution in [0.15, 0.2) is 28.0 Å². The van der Waals surface area contributed by atoms with Gasteiger partial charge < -0.3 is 5.32 Å². The van der Waals surface area contributed by atoms with Crippen molar-refractivity contribution in [1.82, 2.24) is 10.4 Å². The molecule has 66 valence electrons. The highest BCUT2D eigenvalue weighted by Gasteiger charge is 2.17. The van der Waals surface area contributed by atoms with E-state index in [2.05, 4.69) is 10.4 Å². The van der Waals surface area contributed by atoms with E-state index in [1.54, 1.807) is 13.8 Å². The van der Waals surface area contributed by atoms with Crippen LogP contribution in [0.1, 0.15) is 20.8 Å². The van der Waals surface area contributed by atoms with Crippen LogP contribution in [0.3, 0.4) is 0 Å². The predicted octanol–water partition coefficient (Wildman–Crippen LogP) is 1.75. The summed E-state index contributed by atoms with van der Waals surface area (Å²) in [6.07, 6.45) is 0. The van der Waals surface area contributed by atoms with Crippen molar-refractivity contribution in [2.75, 3.05) is 0 Å². The minimum absolute atomic E-state index is 0.376. The van der Waals surface area contributed by atoms with Gasteiger partial charge in [0.2, 0.25) is 0 Å². The van der Waals surface area contributed by atoms with E-state index in [0.717, 1.165) is 16.5 Å². The average Bonchev–Trinajstić information content (AvgIpc) is 2.08. The summed E-state index contributed by atoms with van der Waals surface area (Å²) in [7, 11) is 0. The predicted molar refractivity (Wildman–Crippen MR) is 43.0 cm³/mol. The molecule has 0 atom stereocenters. The minimum Gasteiger partial charge on any atom is -0.339 e. The molecule has 1 aliphatic rings. The Morgan fingerprint density at radius 1 is 1.33 bits per heavy atom. The molecule has 0 bridgehead atoms. The lowest BCUT2D eigenvalue weighted by atomic mass is 10.3. The maximum Gasteiger partial charge on any atom is 0.174 e. The number of nitrogens with zero attached hydrogens (tertiary/aromatic N) is 2. The smallest absolute Gasteiger partial charge is 0.174 e. The lowest BCUT2D eigenvalue weighted by molar-refractivity contribution is -0.0244. The molecule has 0 aromatic heterocycles. The number of hydroxylamine groups is 2. The molecule has 1 rings (SSSR count). The van der Waals surface area contributed by atoms with Gasteiger partial charge in [0.05, 0.1) is 11.4 Å². The fourth-order valence-electron chi connectivity index (χ4n) is 0.978. The van der Waals surface area contributed by atoms with Crippen LogP contribution in [0.2, 0.25) is 0 Å². The van der Waals surface area contributed by atoms with Crippen LogP contribution in [0.25, 0.3) is 0 Å². The Morgan fingerprint density at radius 2 is 1.92 bits per heavy atom. The number of rotatable bonds is 1. The third-order valence-electron chi connectivity index (χ3n) is 1.94. The van der Waals surface area contributed by atoms with Crippen LogP contribution in [0.5, 0.6) is 0 Å². The second-order valence-corrected chi connectivity index (χ2v) is 2.69. The summed E-state index contributed by atoms with van der Waals surface area (Å²) in [5, 5.41) is 16.6. The van der Waals surface area contributed by atoms with Gasteiger partial charge in [0.15, 0.2) is 5.82 Å². The summed E-state index contributed by atoms with van der Waals surface area (Å²) >= 11 is 0. The molecule has 0 fully saturated rings. The number of hydrogen-bond acceptors (Lipinski definition) is 5. The topological polar surface area (TPSA) is 71.7 Å². The number of nitrogens with one attached hydrogen (secondary N) is 2. The number of allylic oxidation sites excluding steroid dienone is 3. The van der Waals surface area contributed by atoms with E-state index in [4.69, 9.17) is 5.53 Å². The summed E-state index contributed by atoms with van der Waals surface area (Å²) < 4.78 is 0. The fourth-order valence-corrected chi connectivity index (χ4v) is 0.978. The highest BCUT2D eigenvalue weighted by atomic mass is 16.5. The second-order valence-electron chi connectivity index (χ2n) is 2.69. The van der Waals surface area contributed by atoms with Gasteiger partial charge in [-0.05, 0) is 20.8 Å². The lowest BCUT2D eigenvalue weighted by Crippen LogP contribution is -2.29. The van der Waals surface area contributed by atoms with E-state index in [1.165, 1.54) is 0 Å². The highest BCUT2D eigenvalue weighted by molar-refractivity contribution is 5.24. The third-order valence-corrected chi connectivity index (χ3v) is 1.94. The van der Waals surface area contributed by atoms with Crippen molar-refractivity contribution < 1.29 is 5.21 Å². The van der Waals surface area contributed by atoms with Gasteiger partial charge in [-0.3, -0.25) is 5.21 Å². The van der Waals surface area contributed by atoms with Gasteiger partial charge in [-0.15, -0.1) is 5.11 Å². The third kappa shape index (κ3) is 1.18. The van der Waals surface area contributed by atoms with Gasteiger partial charge in [0.1, 0.15) is 0 Å². The zero-order valence-electron chi connectivity index (χ0n) is 7.34. The van der Waals surface area contributed by atoms with Gasteiger partial charge in [-0.1, -0.05) is 0 Å².